The second-order valence-electron chi connectivity index (χ2n) is 5.14. The van der Waals surface area contributed by atoms with Crippen LogP contribution in [0.1, 0.15) is 16.7 Å². The third-order valence-corrected chi connectivity index (χ3v) is 4.21. The molecule has 2 aromatic rings. The average Bonchev–Trinajstić information content (AvgIpc) is 2.73. The van der Waals surface area contributed by atoms with Gasteiger partial charge in [0.15, 0.2) is 0 Å². The van der Waals surface area contributed by atoms with Crippen molar-refractivity contribution in [2.45, 2.75) is 19.9 Å². The van der Waals surface area contributed by atoms with Crippen LogP contribution < -0.4 is 10.6 Å². The first-order valence-electron chi connectivity index (χ1n) is 6.52. The van der Waals surface area contributed by atoms with Crippen LogP contribution in [0.25, 0.3) is 0 Å². The van der Waals surface area contributed by atoms with Gasteiger partial charge in [0, 0.05) is 28.9 Å². The van der Waals surface area contributed by atoms with Gasteiger partial charge in [0.2, 0.25) is 0 Å². The average molecular weight is 317 g/mol. The SMILES string of the molecule is Cc1cc2c(cc1N)N(Cc1cccc(Br)c1)CC2. The highest BCUT2D eigenvalue weighted by Gasteiger charge is 2.20. The Morgan fingerprint density at radius 2 is 2.11 bits per heavy atom. The Kier molecular flexibility index (Phi) is 3.23. The molecule has 19 heavy (non-hydrogen) atoms. The van der Waals surface area contributed by atoms with E-state index in [9.17, 15) is 0 Å². The second-order valence-corrected chi connectivity index (χ2v) is 6.05. The zero-order valence-electron chi connectivity index (χ0n) is 11.0. The molecule has 0 amide bonds. The molecule has 0 saturated heterocycles. The van der Waals surface area contributed by atoms with Crippen molar-refractivity contribution in [3.63, 3.8) is 0 Å². The summed E-state index contributed by atoms with van der Waals surface area (Å²) in [6.07, 6.45) is 1.12. The summed E-state index contributed by atoms with van der Waals surface area (Å²) in [4.78, 5) is 2.41. The molecule has 0 unspecified atom stereocenters. The molecule has 1 aliphatic heterocycles. The number of aryl methyl sites for hydroxylation is 1. The van der Waals surface area contributed by atoms with Gasteiger partial charge in [-0.1, -0.05) is 34.1 Å². The zero-order valence-corrected chi connectivity index (χ0v) is 12.6. The molecule has 0 atom stereocenters. The molecule has 2 nitrogen and oxygen atoms in total. The van der Waals surface area contributed by atoms with Crippen LogP contribution in [0.15, 0.2) is 40.9 Å². The molecule has 0 aliphatic carbocycles. The third-order valence-electron chi connectivity index (χ3n) is 3.72. The maximum Gasteiger partial charge on any atom is 0.0430 e. The summed E-state index contributed by atoms with van der Waals surface area (Å²) in [6, 6.07) is 12.8. The number of nitrogen functional groups attached to an aromatic ring is 1. The Labute approximate surface area is 122 Å². The number of anilines is 2. The number of benzene rings is 2. The summed E-state index contributed by atoms with van der Waals surface area (Å²) in [5.41, 5.74) is 12.1. The van der Waals surface area contributed by atoms with Gasteiger partial charge < -0.3 is 10.6 Å². The van der Waals surface area contributed by atoms with Crippen molar-refractivity contribution < 1.29 is 0 Å². The highest BCUT2D eigenvalue weighted by molar-refractivity contribution is 9.10. The summed E-state index contributed by atoms with van der Waals surface area (Å²) in [7, 11) is 0. The third kappa shape index (κ3) is 2.47. The predicted octanol–water partition coefficient (Wildman–Crippen LogP) is 3.90. The van der Waals surface area contributed by atoms with Crippen molar-refractivity contribution in [1.82, 2.24) is 0 Å². The van der Waals surface area contributed by atoms with Crippen LogP contribution in [0, 0.1) is 6.92 Å². The van der Waals surface area contributed by atoms with Crippen molar-refractivity contribution in [3.8, 4) is 0 Å². The van der Waals surface area contributed by atoms with E-state index in [0.717, 1.165) is 29.7 Å². The fourth-order valence-corrected chi connectivity index (χ4v) is 3.11. The van der Waals surface area contributed by atoms with Gasteiger partial charge in [0.05, 0.1) is 0 Å². The van der Waals surface area contributed by atoms with Crippen molar-refractivity contribution in [2.24, 2.45) is 0 Å². The lowest BCUT2D eigenvalue weighted by Crippen LogP contribution is -2.19. The Balaban J connectivity index is 1.88. The number of halogens is 1. The van der Waals surface area contributed by atoms with Gasteiger partial charge in [0.1, 0.15) is 0 Å². The summed E-state index contributed by atoms with van der Waals surface area (Å²) in [6.45, 7) is 4.09. The minimum absolute atomic E-state index is 0.889. The summed E-state index contributed by atoms with van der Waals surface area (Å²) >= 11 is 3.53. The van der Waals surface area contributed by atoms with E-state index < -0.39 is 0 Å². The Bertz CT molecular complexity index is 622. The van der Waals surface area contributed by atoms with Gasteiger partial charge in [-0.2, -0.15) is 0 Å². The van der Waals surface area contributed by atoms with Crippen LogP contribution in [-0.4, -0.2) is 6.54 Å². The molecule has 98 valence electrons. The van der Waals surface area contributed by atoms with E-state index in [2.05, 4.69) is 64.2 Å². The number of hydrogen-bond acceptors (Lipinski definition) is 2. The fourth-order valence-electron chi connectivity index (χ4n) is 2.66. The van der Waals surface area contributed by atoms with Crippen molar-refractivity contribution >= 4 is 27.3 Å². The minimum Gasteiger partial charge on any atom is -0.398 e. The summed E-state index contributed by atoms with van der Waals surface area (Å²) < 4.78 is 1.13. The fraction of sp³-hybridized carbons (Fsp3) is 0.250. The molecule has 0 radical (unpaired) electrons. The molecule has 0 spiro atoms. The highest BCUT2D eigenvalue weighted by atomic mass is 79.9. The van der Waals surface area contributed by atoms with E-state index in [1.54, 1.807) is 0 Å². The molecule has 1 heterocycles. The molecule has 2 aromatic carbocycles. The largest absolute Gasteiger partial charge is 0.398 e. The van der Waals surface area contributed by atoms with E-state index in [-0.39, 0.29) is 0 Å². The second kappa shape index (κ2) is 4.89. The zero-order chi connectivity index (χ0) is 13.4. The number of rotatable bonds is 2. The van der Waals surface area contributed by atoms with Gasteiger partial charge in [0.25, 0.3) is 0 Å². The molecule has 3 heteroatoms. The normalized spacial score (nSPS) is 13.7. The summed E-state index contributed by atoms with van der Waals surface area (Å²) in [5, 5.41) is 0. The molecule has 0 aromatic heterocycles. The van der Waals surface area contributed by atoms with Crippen LogP contribution in [0.4, 0.5) is 11.4 Å². The molecular weight excluding hydrogens is 300 g/mol. The number of hydrogen-bond donors (Lipinski definition) is 1. The van der Waals surface area contributed by atoms with Crippen molar-refractivity contribution in [2.75, 3.05) is 17.2 Å². The van der Waals surface area contributed by atoms with Gasteiger partial charge in [-0.15, -0.1) is 0 Å². The summed E-state index contributed by atoms with van der Waals surface area (Å²) in [5.74, 6) is 0. The predicted molar refractivity (Wildman–Crippen MR) is 84.5 cm³/mol. The first kappa shape index (κ1) is 12.5. The van der Waals surface area contributed by atoms with Gasteiger partial charge >= 0.3 is 0 Å². The number of nitrogens with zero attached hydrogens (tertiary/aromatic N) is 1. The Morgan fingerprint density at radius 1 is 1.26 bits per heavy atom. The van der Waals surface area contributed by atoms with Crippen molar-refractivity contribution in [3.05, 3.63) is 57.6 Å². The van der Waals surface area contributed by atoms with E-state index in [0.29, 0.717) is 0 Å². The quantitative estimate of drug-likeness (QED) is 0.851. The maximum atomic E-state index is 6.04. The topological polar surface area (TPSA) is 29.3 Å². The minimum atomic E-state index is 0.889. The molecule has 3 rings (SSSR count). The Morgan fingerprint density at radius 3 is 2.89 bits per heavy atom. The van der Waals surface area contributed by atoms with Gasteiger partial charge in [-0.3, -0.25) is 0 Å². The van der Waals surface area contributed by atoms with Gasteiger partial charge in [-0.05, 0) is 48.2 Å². The lowest BCUT2D eigenvalue weighted by atomic mass is 10.1. The standard InChI is InChI=1S/C16H17BrN2/c1-11-7-13-5-6-19(16(13)9-15(11)18)10-12-3-2-4-14(17)8-12/h2-4,7-9H,5-6,10,18H2,1H3. The highest BCUT2D eigenvalue weighted by Crippen LogP contribution is 2.33. The molecule has 1 aliphatic rings. The molecule has 2 N–H and O–H groups in total. The lowest BCUT2D eigenvalue weighted by molar-refractivity contribution is 0.836. The lowest BCUT2D eigenvalue weighted by Gasteiger charge is -2.20. The van der Waals surface area contributed by atoms with Gasteiger partial charge in [-0.25, -0.2) is 0 Å². The van der Waals surface area contributed by atoms with E-state index in [4.69, 9.17) is 5.73 Å². The monoisotopic (exact) mass is 316 g/mol. The molecular formula is C16H17BrN2. The first-order chi connectivity index (χ1) is 9.13. The molecule has 0 bridgehead atoms. The van der Waals surface area contributed by atoms with Crippen LogP contribution in [-0.2, 0) is 13.0 Å². The van der Waals surface area contributed by atoms with Crippen LogP contribution in [0.5, 0.6) is 0 Å². The van der Waals surface area contributed by atoms with E-state index in [1.807, 2.05) is 0 Å². The van der Waals surface area contributed by atoms with Crippen LogP contribution in [0.3, 0.4) is 0 Å². The molecule has 0 saturated carbocycles. The smallest absolute Gasteiger partial charge is 0.0430 e. The van der Waals surface area contributed by atoms with Crippen LogP contribution >= 0.6 is 15.9 Å². The first-order valence-corrected chi connectivity index (χ1v) is 7.31. The Hall–Kier alpha value is -1.48. The number of nitrogens with two attached hydrogens (primary N) is 1. The van der Waals surface area contributed by atoms with Crippen molar-refractivity contribution in [1.29, 1.82) is 0 Å². The van der Waals surface area contributed by atoms with Crippen LogP contribution in [0.2, 0.25) is 0 Å². The maximum absolute atomic E-state index is 6.04. The number of fused-ring (bicyclic) bond motifs is 1. The van der Waals surface area contributed by atoms with E-state index in [1.165, 1.54) is 22.4 Å². The van der Waals surface area contributed by atoms with E-state index >= 15 is 0 Å². The molecule has 0 fully saturated rings.